The SMILES string of the molecule is CCC(C)N(CC(=O)O)C(=O)CC(CNC(=O)OCC1c2ccccc2-c2ccccc21)C1CC1. The molecule has 7 nitrogen and oxygen atoms in total. The van der Waals surface area contributed by atoms with Gasteiger partial charge in [-0.2, -0.15) is 0 Å². The Morgan fingerprint density at radius 1 is 1.06 bits per heavy atom. The van der Waals surface area contributed by atoms with Gasteiger partial charge in [-0.15, -0.1) is 0 Å². The molecule has 2 aliphatic carbocycles. The van der Waals surface area contributed by atoms with Crippen molar-refractivity contribution in [1.29, 1.82) is 0 Å². The van der Waals surface area contributed by atoms with Crippen LogP contribution in [0.2, 0.25) is 0 Å². The number of amides is 2. The molecule has 186 valence electrons. The molecule has 0 aromatic heterocycles. The molecule has 2 aromatic carbocycles. The first-order valence-electron chi connectivity index (χ1n) is 12.5. The summed E-state index contributed by atoms with van der Waals surface area (Å²) < 4.78 is 5.63. The Labute approximate surface area is 206 Å². The predicted octanol–water partition coefficient (Wildman–Crippen LogP) is 4.65. The number of ether oxygens (including phenoxy) is 1. The summed E-state index contributed by atoms with van der Waals surface area (Å²) in [7, 11) is 0. The summed E-state index contributed by atoms with van der Waals surface area (Å²) in [4.78, 5) is 38.2. The quantitative estimate of drug-likeness (QED) is 0.490. The molecule has 4 rings (SSSR count). The first-order valence-corrected chi connectivity index (χ1v) is 12.5. The number of benzene rings is 2. The van der Waals surface area contributed by atoms with E-state index in [0.717, 1.165) is 24.0 Å². The van der Waals surface area contributed by atoms with E-state index in [-0.39, 0.29) is 43.4 Å². The molecule has 2 atom stereocenters. The molecular weight excluding hydrogens is 444 g/mol. The maximum Gasteiger partial charge on any atom is 0.407 e. The molecule has 0 spiro atoms. The van der Waals surface area contributed by atoms with Crippen LogP contribution in [0.3, 0.4) is 0 Å². The van der Waals surface area contributed by atoms with Crippen molar-refractivity contribution >= 4 is 18.0 Å². The highest BCUT2D eigenvalue weighted by atomic mass is 16.5. The number of carbonyl (C=O) groups is 3. The topological polar surface area (TPSA) is 95.9 Å². The van der Waals surface area contributed by atoms with Gasteiger partial charge >= 0.3 is 12.1 Å². The number of carboxylic acid groups (broad SMARTS) is 1. The van der Waals surface area contributed by atoms with E-state index in [1.807, 2.05) is 38.1 Å². The van der Waals surface area contributed by atoms with E-state index >= 15 is 0 Å². The average molecular weight is 479 g/mol. The number of carbonyl (C=O) groups excluding carboxylic acids is 2. The third-order valence-electron chi connectivity index (χ3n) is 7.33. The standard InChI is InChI=1S/C28H34N2O5/c1-3-18(2)30(16-27(32)33)26(31)14-20(19-12-13-19)15-29-28(34)35-17-25-23-10-6-4-8-21(23)22-9-5-7-11-24(22)25/h4-11,18-20,25H,3,12-17H2,1-2H3,(H,29,34)(H,32,33). The van der Waals surface area contributed by atoms with Gasteiger partial charge in [-0.25, -0.2) is 4.79 Å². The maximum absolute atomic E-state index is 12.9. The Hall–Kier alpha value is -3.35. The summed E-state index contributed by atoms with van der Waals surface area (Å²) in [6, 6.07) is 16.2. The normalized spacial score (nSPS) is 16.1. The van der Waals surface area contributed by atoms with Crippen molar-refractivity contribution in [2.75, 3.05) is 19.7 Å². The van der Waals surface area contributed by atoms with Crippen molar-refractivity contribution in [2.24, 2.45) is 11.8 Å². The molecule has 0 bridgehead atoms. The number of rotatable bonds is 11. The molecule has 0 radical (unpaired) electrons. The van der Waals surface area contributed by atoms with Crippen molar-refractivity contribution in [1.82, 2.24) is 10.2 Å². The zero-order valence-corrected chi connectivity index (χ0v) is 20.4. The van der Waals surface area contributed by atoms with Crippen molar-refractivity contribution in [3.05, 3.63) is 59.7 Å². The van der Waals surface area contributed by atoms with Gasteiger partial charge in [-0.3, -0.25) is 9.59 Å². The number of fused-ring (bicyclic) bond motifs is 3. The predicted molar refractivity (Wildman–Crippen MR) is 133 cm³/mol. The second-order valence-corrected chi connectivity index (χ2v) is 9.68. The van der Waals surface area contributed by atoms with E-state index in [4.69, 9.17) is 4.74 Å². The monoisotopic (exact) mass is 478 g/mol. The fourth-order valence-corrected chi connectivity index (χ4v) is 5.03. The Balaban J connectivity index is 1.33. The van der Waals surface area contributed by atoms with E-state index in [2.05, 4.69) is 29.6 Å². The minimum atomic E-state index is -1.02. The summed E-state index contributed by atoms with van der Waals surface area (Å²) in [5.41, 5.74) is 4.67. The van der Waals surface area contributed by atoms with Gasteiger partial charge in [-0.05, 0) is 60.3 Å². The second-order valence-electron chi connectivity index (χ2n) is 9.68. The molecule has 2 N–H and O–H groups in total. The van der Waals surface area contributed by atoms with Crippen LogP contribution in [-0.2, 0) is 14.3 Å². The number of nitrogens with zero attached hydrogens (tertiary/aromatic N) is 1. The smallest absolute Gasteiger partial charge is 0.407 e. The number of nitrogens with one attached hydrogen (secondary N) is 1. The lowest BCUT2D eigenvalue weighted by Crippen LogP contribution is -2.43. The van der Waals surface area contributed by atoms with Crippen LogP contribution in [0.4, 0.5) is 4.79 Å². The molecule has 0 saturated heterocycles. The lowest BCUT2D eigenvalue weighted by molar-refractivity contribution is -0.146. The molecular formula is C28H34N2O5. The van der Waals surface area contributed by atoms with Gasteiger partial charge in [0.25, 0.3) is 0 Å². The molecule has 35 heavy (non-hydrogen) atoms. The van der Waals surface area contributed by atoms with Crippen molar-refractivity contribution in [3.8, 4) is 11.1 Å². The molecule has 2 aromatic rings. The zero-order chi connectivity index (χ0) is 24.9. The van der Waals surface area contributed by atoms with Crippen molar-refractivity contribution in [2.45, 2.75) is 51.5 Å². The lowest BCUT2D eigenvalue weighted by atomic mass is 9.98. The van der Waals surface area contributed by atoms with Crippen molar-refractivity contribution < 1.29 is 24.2 Å². The number of hydrogen-bond acceptors (Lipinski definition) is 4. The van der Waals surface area contributed by atoms with Crippen LogP contribution in [0.15, 0.2) is 48.5 Å². The van der Waals surface area contributed by atoms with Gasteiger partial charge in [0, 0.05) is 24.9 Å². The molecule has 0 heterocycles. The minimum Gasteiger partial charge on any atom is -0.480 e. The Kier molecular flexibility index (Phi) is 7.73. The average Bonchev–Trinajstić information content (AvgIpc) is 3.66. The molecule has 1 fully saturated rings. The number of alkyl carbamates (subject to hydrolysis) is 1. The summed E-state index contributed by atoms with van der Waals surface area (Å²) >= 11 is 0. The Morgan fingerprint density at radius 2 is 1.66 bits per heavy atom. The minimum absolute atomic E-state index is 0.00550. The fraction of sp³-hybridized carbons (Fsp3) is 0.464. The van der Waals surface area contributed by atoms with E-state index in [9.17, 15) is 19.5 Å². The van der Waals surface area contributed by atoms with Crippen LogP contribution in [0.5, 0.6) is 0 Å². The van der Waals surface area contributed by atoms with E-state index in [1.54, 1.807) is 0 Å². The second kappa shape index (κ2) is 10.9. The summed E-state index contributed by atoms with van der Waals surface area (Å²) in [5.74, 6) is -0.847. The maximum atomic E-state index is 12.9. The number of hydrogen-bond donors (Lipinski definition) is 2. The number of aliphatic carboxylic acids is 1. The van der Waals surface area contributed by atoms with Crippen LogP contribution in [0.25, 0.3) is 11.1 Å². The molecule has 2 aliphatic rings. The molecule has 2 amide bonds. The highest BCUT2D eigenvalue weighted by molar-refractivity contribution is 5.82. The third-order valence-corrected chi connectivity index (χ3v) is 7.33. The van der Waals surface area contributed by atoms with Crippen LogP contribution < -0.4 is 5.32 Å². The number of carboxylic acids is 1. The van der Waals surface area contributed by atoms with Crippen LogP contribution in [0.1, 0.15) is 56.6 Å². The molecule has 1 saturated carbocycles. The summed E-state index contributed by atoms with van der Waals surface area (Å²) in [6.45, 7) is 4.08. The first kappa shape index (κ1) is 24.8. The zero-order valence-electron chi connectivity index (χ0n) is 20.4. The Morgan fingerprint density at radius 3 is 2.20 bits per heavy atom. The van der Waals surface area contributed by atoms with Crippen LogP contribution in [0, 0.1) is 11.8 Å². The van der Waals surface area contributed by atoms with Gasteiger partial charge in [0.1, 0.15) is 13.2 Å². The summed E-state index contributed by atoms with van der Waals surface area (Å²) in [5, 5.41) is 12.1. The highest BCUT2D eigenvalue weighted by Gasteiger charge is 2.35. The van der Waals surface area contributed by atoms with Gasteiger partial charge in [0.15, 0.2) is 0 Å². The van der Waals surface area contributed by atoms with E-state index in [1.165, 1.54) is 16.0 Å². The largest absolute Gasteiger partial charge is 0.480 e. The molecule has 0 aliphatic heterocycles. The van der Waals surface area contributed by atoms with Crippen LogP contribution in [-0.4, -0.2) is 53.7 Å². The molecule has 7 heteroatoms. The lowest BCUT2D eigenvalue weighted by Gasteiger charge is -2.29. The summed E-state index contributed by atoms with van der Waals surface area (Å²) in [6.07, 6.45) is 2.46. The highest BCUT2D eigenvalue weighted by Crippen LogP contribution is 2.44. The third kappa shape index (κ3) is 5.84. The van der Waals surface area contributed by atoms with Gasteiger partial charge in [-0.1, -0.05) is 55.5 Å². The Bertz CT molecular complexity index is 1040. The van der Waals surface area contributed by atoms with E-state index in [0.29, 0.717) is 18.9 Å². The molecule has 2 unspecified atom stereocenters. The van der Waals surface area contributed by atoms with Gasteiger partial charge in [0.05, 0.1) is 0 Å². The fourth-order valence-electron chi connectivity index (χ4n) is 5.03. The van der Waals surface area contributed by atoms with Gasteiger partial charge < -0.3 is 20.1 Å². The van der Waals surface area contributed by atoms with E-state index < -0.39 is 12.1 Å². The van der Waals surface area contributed by atoms with Crippen LogP contribution >= 0.6 is 0 Å². The van der Waals surface area contributed by atoms with Gasteiger partial charge in [0.2, 0.25) is 5.91 Å². The first-order chi connectivity index (χ1) is 16.9. The van der Waals surface area contributed by atoms with Crippen molar-refractivity contribution in [3.63, 3.8) is 0 Å².